The van der Waals surface area contributed by atoms with Gasteiger partial charge in [-0.25, -0.2) is 9.78 Å². The second-order valence-corrected chi connectivity index (χ2v) is 7.84. The topological polar surface area (TPSA) is 72.4 Å². The lowest BCUT2D eigenvalue weighted by molar-refractivity contribution is 0.0241. The van der Waals surface area contributed by atoms with Crippen molar-refractivity contribution in [1.29, 1.82) is 0 Å². The molecule has 2 rings (SSSR count). The molecule has 0 unspecified atom stereocenters. The number of carbonyl (C=O) groups excluding carboxylic acids is 1. The zero-order valence-corrected chi connectivity index (χ0v) is 14.4. The maximum absolute atomic E-state index is 12.5. The minimum Gasteiger partial charge on any atom is -0.444 e. The van der Waals surface area contributed by atoms with Crippen molar-refractivity contribution in [1.82, 2.24) is 14.9 Å². The van der Waals surface area contributed by atoms with E-state index < -0.39 is 16.4 Å². The predicted octanol–water partition coefficient (Wildman–Crippen LogP) is 2.29. The first-order chi connectivity index (χ1) is 10.3. The molecule has 0 radical (unpaired) electrons. The summed E-state index contributed by atoms with van der Waals surface area (Å²) in [6.07, 6.45) is 4.53. The fourth-order valence-electron chi connectivity index (χ4n) is 2.44. The molecule has 1 saturated heterocycles. The number of amides is 1. The van der Waals surface area contributed by atoms with Crippen LogP contribution in [0.3, 0.4) is 0 Å². The van der Waals surface area contributed by atoms with Crippen molar-refractivity contribution < 1.29 is 13.7 Å². The van der Waals surface area contributed by atoms with E-state index in [4.69, 9.17) is 4.74 Å². The first-order valence-corrected chi connectivity index (χ1v) is 8.75. The number of ether oxygens (including phenoxy) is 1. The molecule has 2 atom stereocenters. The van der Waals surface area contributed by atoms with Crippen molar-refractivity contribution >= 4 is 16.9 Å². The van der Waals surface area contributed by atoms with Gasteiger partial charge in [0, 0.05) is 25.0 Å². The molecular weight excluding hydrogens is 302 g/mol. The van der Waals surface area contributed by atoms with Crippen LogP contribution in [0.5, 0.6) is 0 Å². The third kappa shape index (κ3) is 4.25. The van der Waals surface area contributed by atoms with Gasteiger partial charge in [-0.2, -0.15) is 0 Å². The maximum atomic E-state index is 12.5. The quantitative estimate of drug-likeness (QED) is 0.852. The molecule has 0 bridgehead atoms. The van der Waals surface area contributed by atoms with Gasteiger partial charge in [0.15, 0.2) is 0 Å². The molecule has 0 aromatic carbocycles. The molecular formula is C15H23N3O3S. The summed E-state index contributed by atoms with van der Waals surface area (Å²) in [6.45, 7) is 7.97. The number of hydrogen-bond acceptors (Lipinski definition) is 5. The van der Waals surface area contributed by atoms with Crippen molar-refractivity contribution in [2.45, 2.75) is 57.2 Å². The minimum absolute atomic E-state index is 0.0721. The van der Waals surface area contributed by atoms with Gasteiger partial charge in [-0.1, -0.05) is 0 Å². The van der Waals surface area contributed by atoms with Gasteiger partial charge in [-0.3, -0.25) is 9.19 Å². The summed E-state index contributed by atoms with van der Waals surface area (Å²) in [5, 5.41) is 0.499. The average molecular weight is 325 g/mol. The van der Waals surface area contributed by atoms with E-state index in [-0.39, 0.29) is 12.1 Å². The van der Waals surface area contributed by atoms with Crippen molar-refractivity contribution in [3.05, 3.63) is 18.1 Å². The molecule has 1 aromatic rings. The van der Waals surface area contributed by atoms with Crippen LogP contribution in [0.1, 0.15) is 39.3 Å². The van der Waals surface area contributed by atoms with Crippen molar-refractivity contribution in [2.24, 2.45) is 0 Å². The average Bonchev–Trinajstić information content (AvgIpc) is 2.85. The highest BCUT2D eigenvalue weighted by Gasteiger charge is 2.33. The number of aryl methyl sites for hydroxylation is 1. The van der Waals surface area contributed by atoms with Crippen LogP contribution in [0.4, 0.5) is 4.79 Å². The third-order valence-electron chi connectivity index (χ3n) is 3.40. The molecule has 2 heterocycles. The number of likely N-dealkylation sites (tertiary alicyclic amines) is 1. The number of hydrogen-bond donors (Lipinski definition) is 0. The Morgan fingerprint density at radius 1 is 1.41 bits per heavy atom. The zero-order valence-electron chi connectivity index (χ0n) is 13.5. The lowest BCUT2D eigenvalue weighted by Crippen LogP contribution is -2.42. The summed E-state index contributed by atoms with van der Waals surface area (Å²) in [4.78, 5) is 22.2. The molecule has 1 aliphatic heterocycles. The van der Waals surface area contributed by atoms with Crippen LogP contribution in [-0.2, 0) is 15.5 Å². The van der Waals surface area contributed by atoms with Gasteiger partial charge in [0.05, 0.1) is 22.2 Å². The molecule has 0 spiro atoms. The molecule has 6 nitrogen and oxygen atoms in total. The molecule has 22 heavy (non-hydrogen) atoms. The second-order valence-electron chi connectivity index (χ2n) is 6.43. The standard InChI is InChI=1S/C15H23N3O3S/c1-11-13(17-8-7-16-11)22(20)10-12-6-5-9-18(12)14(19)21-15(2,3)4/h7-8,12H,5-6,9-10H2,1-4H3/t12-,22-/m0/s1. The van der Waals surface area contributed by atoms with Crippen LogP contribution in [0.2, 0.25) is 0 Å². The summed E-state index contributed by atoms with van der Waals surface area (Å²) >= 11 is 0. The van der Waals surface area contributed by atoms with Crippen molar-refractivity contribution in [2.75, 3.05) is 12.3 Å². The second kappa shape index (κ2) is 6.73. The first kappa shape index (κ1) is 16.9. The smallest absolute Gasteiger partial charge is 0.410 e. The predicted molar refractivity (Wildman–Crippen MR) is 84.0 cm³/mol. The number of aromatic nitrogens is 2. The highest BCUT2D eigenvalue weighted by molar-refractivity contribution is 7.85. The van der Waals surface area contributed by atoms with Crippen LogP contribution in [0, 0.1) is 6.92 Å². The van der Waals surface area contributed by atoms with Crippen LogP contribution >= 0.6 is 0 Å². The first-order valence-electron chi connectivity index (χ1n) is 7.43. The summed E-state index contributed by atoms with van der Waals surface area (Å²) in [6, 6.07) is -0.0721. The van der Waals surface area contributed by atoms with E-state index in [1.54, 1.807) is 24.2 Å². The molecule has 7 heteroatoms. The molecule has 0 saturated carbocycles. The van der Waals surface area contributed by atoms with Crippen LogP contribution < -0.4 is 0 Å². The Labute approximate surface area is 133 Å². The fourth-order valence-corrected chi connectivity index (χ4v) is 3.86. The lowest BCUT2D eigenvalue weighted by atomic mass is 10.2. The van der Waals surface area contributed by atoms with E-state index in [2.05, 4.69) is 9.97 Å². The van der Waals surface area contributed by atoms with E-state index in [1.165, 1.54) is 0 Å². The monoisotopic (exact) mass is 325 g/mol. The van der Waals surface area contributed by atoms with Gasteiger partial charge in [0.25, 0.3) is 0 Å². The van der Waals surface area contributed by atoms with Gasteiger partial charge in [0.1, 0.15) is 10.6 Å². The van der Waals surface area contributed by atoms with Gasteiger partial charge in [-0.15, -0.1) is 0 Å². The molecule has 1 amide bonds. The third-order valence-corrected chi connectivity index (χ3v) is 4.92. The van der Waals surface area contributed by atoms with Gasteiger partial charge >= 0.3 is 6.09 Å². The van der Waals surface area contributed by atoms with Crippen LogP contribution in [0.15, 0.2) is 17.4 Å². The normalized spacial score (nSPS) is 20.0. The highest BCUT2D eigenvalue weighted by atomic mass is 32.2. The van der Waals surface area contributed by atoms with Crippen LogP contribution in [-0.4, -0.2) is 49.1 Å². The Balaban J connectivity index is 2.04. The highest BCUT2D eigenvalue weighted by Crippen LogP contribution is 2.23. The van der Waals surface area contributed by atoms with E-state index in [1.807, 2.05) is 20.8 Å². The summed E-state index contributed by atoms with van der Waals surface area (Å²) < 4.78 is 17.9. The van der Waals surface area contributed by atoms with E-state index >= 15 is 0 Å². The minimum atomic E-state index is -1.27. The molecule has 1 aromatic heterocycles. The Morgan fingerprint density at radius 2 is 2.09 bits per heavy atom. The molecule has 1 aliphatic rings. The van der Waals surface area contributed by atoms with Crippen molar-refractivity contribution in [3.63, 3.8) is 0 Å². The Morgan fingerprint density at radius 3 is 2.73 bits per heavy atom. The van der Waals surface area contributed by atoms with Crippen molar-refractivity contribution in [3.8, 4) is 0 Å². The Hall–Kier alpha value is -1.50. The fraction of sp³-hybridized carbons (Fsp3) is 0.667. The summed E-state index contributed by atoms with van der Waals surface area (Å²) in [5.74, 6) is 0.374. The number of nitrogens with zero attached hydrogens (tertiary/aromatic N) is 3. The molecule has 1 fully saturated rings. The number of rotatable bonds is 3. The Bertz CT molecular complexity index is 571. The molecule has 0 aliphatic carbocycles. The lowest BCUT2D eigenvalue weighted by Gasteiger charge is -2.28. The van der Waals surface area contributed by atoms with Gasteiger partial charge < -0.3 is 9.64 Å². The van der Waals surface area contributed by atoms with Gasteiger partial charge in [-0.05, 0) is 40.5 Å². The van der Waals surface area contributed by atoms with E-state index in [0.29, 0.717) is 23.0 Å². The maximum Gasteiger partial charge on any atom is 0.410 e. The number of carbonyl (C=O) groups is 1. The Kier molecular flexibility index (Phi) is 5.16. The molecule has 0 N–H and O–H groups in total. The van der Waals surface area contributed by atoms with E-state index in [9.17, 15) is 9.00 Å². The van der Waals surface area contributed by atoms with Gasteiger partial charge in [0.2, 0.25) is 0 Å². The van der Waals surface area contributed by atoms with Crippen LogP contribution in [0.25, 0.3) is 0 Å². The zero-order chi connectivity index (χ0) is 16.3. The summed E-state index contributed by atoms with van der Waals surface area (Å²) in [5.41, 5.74) is 0.146. The summed E-state index contributed by atoms with van der Waals surface area (Å²) in [7, 11) is -1.27. The molecule has 122 valence electrons. The SMILES string of the molecule is Cc1nccnc1[S@@](=O)C[C@@H]1CCCN1C(=O)OC(C)(C)C. The van der Waals surface area contributed by atoms with E-state index in [0.717, 1.165) is 12.8 Å². The largest absolute Gasteiger partial charge is 0.444 e.